The van der Waals surface area contributed by atoms with Crippen LogP contribution in [-0.2, 0) is 0 Å². The standard InChI is InChI=1S/C23H25FN8O/c1-31(2)15-7-10-32(13-15)21-12-20(29-23(25)30-21)28-14-3-4-19(17(24)11-14)33-18-6-9-27-22-16(18)5-8-26-22/h3-6,8-9,11-12,15H,7,10,13H2,1-2H3,(H,26,27)(H3,25,28,29,30). The maximum Gasteiger partial charge on any atom is 0.223 e. The van der Waals surface area contributed by atoms with Gasteiger partial charge in [-0.25, -0.2) is 9.37 Å². The molecule has 0 spiro atoms. The fraction of sp³-hybridized carbons (Fsp3) is 0.261. The number of anilines is 4. The summed E-state index contributed by atoms with van der Waals surface area (Å²) in [4.78, 5) is 20.3. The molecule has 5 rings (SSSR count). The molecule has 1 atom stereocenters. The molecule has 0 bridgehead atoms. The molecular formula is C23H25FN8O. The van der Waals surface area contributed by atoms with E-state index in [1.54, 1.807) is 30.6 Å². The van der Waals surface area contributed by atoms with Crippen molar-refractivity contribution in [3.8, 4) is 11.5 Å². The summed E-state index contributed by atoms with van der Waals surface area (Å²) in [5.74, 6) is 1.55. The molecule has 9 nitrogen and oxygen atoms in total. The Kier molecular flexibility index (Phi) is 5.43. The summed E-state index contributed by atoms with van der Waals surface area (Å²) in [7, 11) is 4.15. The summed E-state index contributed by atoms with van der Waals surface area (Å²) in [6, 6.07) is 10.5. The van der Waals surface area contributed by atoms with Crippen LogP contribution in [0.15, 0.2) is 48.8 Å². The zero-order valence-corrected chi connectivity index (χ0v) is 18.4. The summed E-state index contributed by atoms with van der Waals surface area (Å²) in [6.07, 6.45) is 4.43. The largest absolute Gasteiger partial charge is 0.453 e. The molecule has 1 aliphatic heterocycles. The normalized spacial score (nSPS) is 16.0. The van der Waals surface area contributed by atoms with Crippen LogP contribution >= 0.6 is 0 Å². The van der Waals surface area contributed by atoms with Crippen molar-refractivity contribution in [1.29, 1.82) is 0 Å². The average Bonchev–Trinajstić information content (AvgIpc) is 3.45. The quantitative estimate of drug-likeness (QED) is 0.409. The van der Waals surface area contributed by atoms with Gasteiger partial charge in [-0.15, -0.1) is 0 Å². The van der Waals surface area contributed by atoms with E-state index in [1.807, 2.05) is 12.1 Å². The maximum absolute atomic E-state index is 14.8. The third-order valence-corrected chi connectivity index (χ3v) is 5.79. The van der Waals surface area contributed by atoms with Crippen LogP contribution in [0.2, 0.25) is 0 Å². The van der Waals surface area contributed by atoms with Gasteiger partial charge in [-0.2, -0.15) is 9.97 Å². The lowest BCUT2D eigenvalue weighted by atomic mass is 10.2. The summed E-state index contributed by atoms with van der Waals surface area (Å²) in [6.45, 7) is 1.76. The third kappa shape index (κ3) is 4.37. The highest BCUT2D eigenvalue weighted by Gasteiger charge is 2.25. The van der Waals surface area contributed by atoms with Crippen molar-refractivity contribution in [2.24, 2.45) is 0 Å². The van der Waals surface area contributed by atoms with E-state index in [4.69, 9.17) is 10.5 Å². The van der Waals surface area contributed by atoms with E-state index in [-0.39, 0.29) is 11.7 Å². The average molecular weight is 449 g/mol. The third-order valence-electron chi connectivity index (χ3n) is 5.79. The minimum absolute atomic E-state index is 0.115. The number of rotatable bonds is 6. The first-order chi connectivity index (χ1) is 16.0. The van der Waals surface area contributed by atoms with E-state index in [0.717, 1.165) is 30.7 Å². The number of nitrogens with two attached hydrogens (primary N) is 1. The molecule has 1 saturated heterocycles. The highest BCUT2D eigenvalue weighted by molar-refractivity contribution is 5.82. The number of H-pyrrole nitrogens is 1. The van der Waals surface area contributed by atoms with E-state index >= 15 is 0 Å². The van der Waals surface area contributed by atoms with E-state index in [2.05, 4.69) is 49.1 Å². The molecule has 1 fully saturated rings. The Hall–Kier alpha value is -3.92. The van der Waals surface area contributed by atoms with Crippen molar-refractivity contribution in [2.75, 3.05) is 43.1 Å². The first-order valence-electron chi connectivity index (χ1n) is 10.7. The molecule has 4 heterocycles. The van der Waals surface area contributed by atoms with Gasteiger partial charge in [0.1, 0.15) is 23.0 Å². The number of hydrogen-bond acceptors (Lipinski definition) is 8. The van der Waals surface area contributed by atoms with E-state index in [9.17, 15) is 4.39 Å². The Morgan fingerprint density at radius 3 is 2.85 bits per heavy atom. The number of nitrogens with one attached hydrogen (secondary N) is 2. The van der Waals surface area contributed by atoms with Gasteiger partial charge < -0.3 is 30.6 Å². The molecule has 10 heteroatoms. The van der Waals surface area contributed by atoms with Crippen molar-refractivity contribution in [3.05, 3.63) is 54.6 Å². The Morgan fingerprint density at radius 2 is 2.06 bits per heavy atom. The Balaban J connectivity index is 1.33. The van der Waals surface area contributed by atoms with E-state index in [1.165, 1.54) is 6.07 Å². The smallest absolute Gasteiger partial charge is 0.223 e. The molecule has 1 aromatic carbocycles. The minimum Gasteiger partial charge on any atom is -0.453 e. The summed E-state index contributed by atoms with van der Waals surface area (Å²) < 4.78 is 20.6. The van der Waals surface area contributed by atoms with Crippen LogP contribution in [0.1, 0.15) is 6.42 Å². The minimum atomic E-state index is -0.504. The van der Waals surface area contributed by atoms with E-state index in [0.29, 0.717) is 28.9 Å². The van der Waals surface area contributed by atoms with Crippen molar-refractivity contribution in [1.82, 2.24) is 24.8 Å². The molecule has 170 valence electrons. The highest BCUT2D eigenvalue weighted by atomic mass is 19.1. The Bertz CT molecular complexity index is 1290. The topological polar surface area (TPSA) is 108 Å². The molecule has 33 heavy (non-hydrogen) atoms. The van der Waals surface area contributed by atoms with Gasteiger partial charge in [-0.05, 0) is 44.8 Å². The second-order valence-electron chi connectivity index (χ2n) is 8.24. The van der Waals surface area contributed by atoms with E-state index < -0.39 is 5.82 Å². The zero-order valence-electron chi connectivity index (χ0n) is 18.4. The van der Waals surface area contributed by atoms with Crippen LogP contribution in [0, 0.1) is 5.82 Å². The van der Waals surface area contributed by atoms with Gasteiger partial charge >= 0.3 is 0 Å². The number of ether oxygens (including phenoxy) is 1. The van der Waals surface area contributed by atoms with Crippen LogP contribution in [-0.4, -0.2) is 58.1 Å². The van der Waals surface area contributed by atoms with Gasteiger partial charge in [0, 0.05) is 49.3 Å². The number of nitrogen functional groups attached to an aromatic ring is 1. The molecule has 1 aliphatic rings. The number of nitrogens with zero attached hydrogens (tertiary/aromatic N) is 5. The molecule has 0 aliphatic carbocycles. The van der Waals surface area contributed by atoms with Gasteiger partial charge in [-0.1, -0.05) is 0 Å². The molecule has 3 aromatic heterocycles. The molecule has 4 aromatic rings. The van der Waals surface area contributed by atoms with Crippen molar-refractivity contribution >= 4 is 34.3 Å². The fourth-order valence-electron chi connectivity index (χ4n) is 4.00. The van der Waals surface area contributed by atoms with Crippen LogP contribution in [0.25, 0.3) is 11.0 Å². The van der Waals surface area contributed by atoms with Crippen molar-refractivity contribution in [2.45, 2.75) is 12.5 Å². The van der Waals surface area contributed by atoms with Gasteiger partial charge in [-0.3, -0.25) is 0 Å². The number of likely N-dealkylation sites (N-methyl/N-ethyl adjacent to an activating group) is 1. The van der Waals surface area contributed by atoms with Crippen LogP contribution in [0.4, 0.5) is 27.7 Å². The van der Waals surface area contributed by atoms with Gasteiger partial charge in [0.25, 0.3) is 0 Å². The first kappa shape index (κ1) is 21.0. The van der Waals surface area contributed by atoms with Crippen LogP contribution in [0.3, 0.4) is 0 Å². The predicted octanol–water partition coefficient (Wildman–Crippen LogP) is 3.75. The van der Waals surface area contributed by atoms with Gasteiger partial charge in [0.05, 0.1) is 5.39 Å². The van der Waals surface area contributed by atoms with Crippen molar-refractivity contribution < 1.29 is 9.13 Å². The Labute approximate surface area is 190 Å². The molecular weight excluding hydrogens is 423 g/mol. The molecule has 0 amide bonds. The number of halogens is 1. The zero-order chi connectivity index (χ0) is 22.9. The molecule has 4 N–H and O–H groups in total. The second kappa shape index (κ2) is 8.55. The van der Waals surface area contributed by atoms with Crippen LogP contribution in [0.5, 0.6) is 11.5 Å². The summed E-state index contributed by atoms with van der Waals surface area (Å²) >= 11 is 0. The Morgan fingerprint density at radius 1 is 1.18 bits per heavy atom. The highest BCUT2D eigenvalue weighted by Crippen LogP contribution is 2.32. The maximum atomic E-state index is 14.8. The number of aromatic nitrogens is 4. The number of pyridine rings is 1. The lowest BCUT2D eigenvalue weighted by Crippen LogP contribution is -2.31. The summed E-state index contributed by atoms with van der Waals surface area (Å²) in [5, 5.41) is 3.90. The number of aromatic amines is 1. The first-order valence-corrected chi connectivity index (χ1v) is 10.7. The monoisotopic (exact) mass is 448 g/mol. The lowest BCUT2D eigenvalue weighted by molar-refractivity contribution is 0.315. The molecule has 1 unspecified atom stereocenters. The van der Waals surface area contributed by atoms with Crippen molar-refractivity contribution in [3.63, 3.8) is 0 Å². The number of benzene rings is 1. The fourth-order valence-corrected chi connectivity index (χ4v) is 4.00. The summed E-state index contributed by atoms with van der Waals surface area (Å²) in [5.41, 5.74) is 7.16. The SMILES string of the molecule is CN(C)C1CCN(c2cc(Nc3ccc(Oc4ccnc5[nH]ccc45)c(F)c3)nc(N)n2)C1. The number of fused-ring (bicyclic) bond motifs is 1. The predicted molar refractivity (Wildman–Crippen MR) is 127 cm³/mol. The van der Waals surface area contributed by atoms with Crippen LogP contribution < -0.4 is 20.7 Å². The second-order valence-corrected chi connectivity index (χ2v) is 8.24. The van der Waals surface area contributed by atoms with Gasteiger partial charge in [0.15, 0.2) is 11.6 Å². The van der Waals surface area contributed by atoms with Gasteiger partial charge in [0.2, 0.25) is 5.95 Å². The molecule has 0 radical (unpaired) electrons. The lowest BCUT2D eigenvalue weighted by Gasteiger charge is -2.21. The molecule has 0 saturated carbocycles. The number of hydrogen-bond donors (Lipinski definition) is 3.